The van der Waals surface area contributed by atoms with Crippen molar-refractivity contribution >= 4 is 17.3 Å². The van der Waals surface area contributed by atoms with Crippen LogP contribution in [0.1, 0.15) is 0 Å². The Morgan fingerprint density at radius 1 is 1.18 bits per heavy atom. The van der Waals surface area contributed by atoms with Crippen molar-refractivity contribution in [3.8, 4) is 11.5 Å². The van der Waals surface area contributed by atoms with E-state index in [2.05, 4.69) is 10.2 Å². The van der Waals surface area contributed by atoms with E-state index >= 15 is 0 Å². The molecule has 0 radical (unpaired) electrons. The topological polar surface area (TPSA) is 33.7 Å². The zero-order chi connectivity index (χ0) is 12.3. The van der Waals surface area contributed by atoms with Gasteiger partial charge in [-0.05, 0) is 6.07 Å². The van der Waals surface area contributed by atoms with E-state index < -0.39 is 0 Å². The van der Waals surface area contributed by atoms with Gasteiger partial charge in [-0.2, -0.15) is 0 Å². The van der Waals surface area contributed by atoms with Crippen molar-refractivity contribution < 1.29 is 9.47 Å². The highest BCUT2D eigenvalue weighted by Gasteiger charge is 2.19. The molecule has 1 heterocycles. The van der Waals surface area contributed by atoms with Crippen LogP contribution in [0.2, 0.25) is 5.02 Å². The Hall–Kier alpha value is -1.13. The Balaban J connectivity index is 2.39. The minimum atomic E-state index is 0.663. The van der Waals surface area contributed by atoms with Crippen LogP contribution in [-0.4, -0.2) is 40.4 Å². The maximum atomic E-state index is 6.10. The number of ether oxygens (including phenoxy) is 2. The van der Waals surface area contributed by atoms with Crippen molar-refractivity contribution in [2.24, 2.45) is 0 Å². The lowest BCUT2D eigenvalue weighted by molar-refractivity contribution is 0.354. The molecule has 1 saturated heterocycles. The molecule has 0 atom stereocenters. The molecule has 0 aromatic heterocycles. The molecular weight excluding hydrogens is 240 g/mol. The lowest BCUT2D eigenvalue weighted by Crippen LogP contribution is -2.43. The lowest BCUT2D eigenvalue weighted by atomic mass is 10.2. The SMILES string of the molecule is COc1cc(Cl)cc(N2CCNCC2)c1OC. The van der Waals surface area contributed by atoms with Crippen LogP contribution in [0.3, 0.4) is 0 Å². The molecule has 0 spiro atoms. The lowest BCUT2D eigenvalue weighted by Gasteiger charge is -2.31. The second-order valence-electron chi connectivity index (χ2n) is 3.90. The van der Waals surface area contributed by atoms with Crippen LogP contribution in [0.4, 0.5) is 5.69 Å². The summed E-state index contributed by atoms with van der Waals surface area (Å²) in [6.45, 7) is 3.83. The number of hydrogen-bond donors (Lipinski definition) is 1. The van der Waals surface area contributed by atoms with Gasteiger partial charge in [-0.3, -0.25) is 0 Å². The molecule has 1 aliphatic rings. The monoisotopic (exact) mass is 256 g/mol. The molecule has 1 fully saturated rings. The summed E-state index contributed by atoms with van der Waals surface area (Å²) in [4.78, 5) is 2.25. The van der Waals surface area contributed by atoms with Gasteiger partial charge in [0.05, 0.1) is 19.9 Å². The molecule has 0 saturated carbocycles. The molecule has 1 aromatic rings. The summed E-state index contributed by atoms with van der Waals surface area (Å²) in [6.07, 6.45) is 0. The maximum Gasteiger partial charge on any atom is 0.184 e. The Morgan fingerprint density at radius 2 is 1.88 bits per heavy atom. The van der Waals surface area contributed by atoms with Crippen LogP contribution in [0.15, 0.2) is 12.1 Å². The minimum absolute atomic E-state index is 0.663. The van der Waals surface area contributed by atoms with E-state index in [4.69, 9.17) is 21.1 Å². The summed E-state index contributed by atoms with van der Waals surface area (Å²) < 4.78 is 10.7. The normalized spacial score (nSPS) is 15.8. The van der Waals surface area contributed by atoms with Gasteiger partial charge in [0.15, 0.2) is 11.5 Å². The van der Waals surface area contributed by atoms with Gasteiger partial charge in [0.25, 0.3) is 0 Å². The summed E-state index contributed by atoms with van der Waals surface area (Å²) in [5, 5.41) is 3.98. The molecule has 17 heavy (non-hydrogen) atoms. The molecule has 1 N–H and O–H groups in total. The van der Waals surface area contributed by atoms with Crippen molar-refractivity contribution in [3.63, 3.8) is 0 Å². The van der Waals surface area contributed by atoms with Crippen molar-refractivity contribution in [3.05, 3.63) is 17.2 Å². The molecule has 0 aliphatic carbocycles. The Bertz CT molecular complexity index is 392. The van der Waals surface area contributed by atoms with Crippen LogP contribution in [-0.2, 0) is 0 Å². The molecule has 1 aromatic carbocycles. The molecular formula is C12H17ClN2O2. The van der Waals surface area contributed by atoms with Crippen LogP contribution in [0.25, 0.3) is 0 Å². The van der Waals surface area contributed by atoms with E-state index in [1.54, 1.807) is 20.3 Å². The molecule has 4 nitrogen and oxygen atoms in total. The summed E-state index contributed by atoms with van der Waals surface area (Å²) in [5.41, 5.74) is 0.998. The van der Waals surface area contributed by atoms with E-state index in [1.807, 2.05) is 6.07 Å². The molecule has 5 heteroatoms. The first kappa shape index (κ1) is 12.3. The average Bonchev–Trinajstić information content (AvgIpc) is 2.38. The number of methoxy groups -OCH3 is 2. The average molecular weight is 257 g/mol. The van der Waals surface area contributed by atoms with Gasteiger partial charge in [0.1, 0.15) is 0 Å². The minimum Gasteiger partial charge on any atom is -0.493 e. The van der Waals surface area contributed by atoms with E-state index in [0.29, 0.717) is 10.8 Å². The number of benzene rings is 1. The van der Waals surface area contributed by atoms with Gasteiger partial charge in [0, 0.05) is 37.3 Å². The first-order chi connectivity index (χ1) is 8.26. The maximum absolute atomic E-state index is 6.10. The largest absolute Gasteiger partial charge is 0.493 e. The summed E-state index contributed by atoms with van der Waals surface area (Å²) in [6, 6.07) is 3.69. The molecule has 0 unspecified atom stereocenters. The summed E-state index contributed by atoms with van der Waals surface area (Å²) in [5.74, 6) is 1.42. The number of halogens is 1. The van der Waals surface area contributed by atoms with Crippen LogP contribution >= 0.6 is 11.6 Å². The third-order valence-corrected chi connectivity index (χ3v) is 3.10. The second kappa shape index (κ2) is 5.47. The molecule has 0 bridgehead atoms. The predicted molar refractivity (Wildman–Crippen MR) is 69.6 cm³/mol. The van der Waals surface area contributed by atoms with Crippen molar-refractivity contribution in [2.45, 2.75) is 0 Å². The number of nitrogens with one attached hydrogen (secondary N) is 1. The zero-order valence-electron chi connectivity index (χ0n) is 10.1. The smallest absolute Gasteiger partial charge is 0.184 e. The summed E-state index contributed by atoms with van der Waals surface area (Å²) in [7, 11) is 3.27. The standard InChI is InChI=1S/C12H17ClN2O2/c1-16-11-8-9(13)7-10(12(11)17-2)15-5-3-14-4-6-15/h7-8,14H,3-6H2,1-2H3. The van der Waals surface area contributed by atoms with Gasteiger partial charge in [-0.25, -0.2) is 0 Å². The highest BCUT2D eigenvalue weighted by Crippen LogP contribution is 2.40. The molecule has 1 aliphatic heterocycles. The van der Waals surface area contributed by atoms with E-state index in [9.17, 15) is 0 Å². The van der Waals surface area contributed by atoms with E-state index in [1.165, 1.54) is 0 Å². The fourth-order valence-electron chi connectivity index (χ4n) is 2.05. The number of nitrogens with zero attached hydrogens (tertiary/aromatic N) is 1. The fourth-order valence-corrected chi connectivity index (χ4v) is 2.25. The number of piperazine rings is 1. The van der Waals surface area contributed by atoms with Crippen LogP contribution < -0.4 is 19.7 Å². The number of anilines is 1. The zero-order valence-corrected chi connectivity index (χ0v) is 10.9. The van der Waals surface area contributed by atoms with Gasteiger partial charge >= 0.3 is 0 Å². The quantitative estimate of drug-likeness (QED) is 0.894. The first-order valence-corrected chi connectivity index (χ1v) is 6.01. The third kappa shape index (κ3) is 2.58. The molecule has 2 rings (SSSR count). The third-order valence-electron chi connectivity index (χ3n) is 2.88. The number of hydrogen-bond acceptors (Lipinski definition) is 4. The predicted octanol–water partition coefficient (Wildman–Crippen LogP) is 1.77. The van der Waals surface area contributed by atoms with E-state index in [0.717, 1.165) is 37.6 Å². The Morgan fingerprint density at radius 3 is 2.47 bits per heavy atom. The highest BCUT2D eigenvalue weighted by atomic mass is 35.5. The fraction of sp³-hybridized carbons (Fsp3) is 0.500. The van der Waals surface area contributed by atoms with E-state index in [-0.39, 0.29) is 0 Å². The Kier molecular flexibility index (Phi) is 3.97. The van der Waals surface area contributed by atoms with Crippen molar-refractivity contribution in [2.75, 3.05) is 45.3 Å². The van der Waals surface area contributed by atoms with Gasteiger partial charge in [-0.1, -0.05) is 11.6 Å². The number of rotatable bonds is 3. The van der Waals surface area contributed by atoms with Gasteiger partial charge in [0.2, 0.25) is 0 Å². The van der Waals surface area contributed by atoms with Crippen LogP contribution in [0, 0.1) is 0 Å². The Labute approximate surface area is 106 Å². The van der Waals surface area contributed by atoms with Gasteiger partial charge < -0.3 is 19.7 Å². The molecule has 94 valence electrons. The summed E-state index contributed by atoms with van der Waals surface area (Å²) >= 11 is 6.10. The van der Waals surface area contributed by atoms with Crippen molar-refractivity contribution in [1.29, 1.82) is 0 Å². The highest BCUT2D eigenvalue weighted by molar-refractivity contribution is 6.31. The van der Waals surface area contributed by atoms with Gasteiger partial charge in [-0.15, -0.1) is 0 Å². The molecule has 0 amide bonds. The van der Waals surface area contributed by atoms with Crippen molar-refractivity contribution in [1.82, 2.24) is 5.32 Å². The van der Waals surface area contributed by atoms with Crippen LogP contribution in [0.5, 0.6) is 11.5 Å². The first-order valence-electron chi connectivity index (χ1n) is 5.63. The second-order valence-corrected chi connectivity index (χ2v) is 4.33.